The molecular formula is C15H17FN4O. The molecule has 1 fully saturated rings. The smallest absolute Gasteiger partial charge is 0.254 e. The zero-order valence-corrected chi connectivity index (χ0v) is 11.6. The van der Waals surface area contributed by atoms with Crippen LogP contribution in [0.15, 0.2) is 36.7 Å². The number of halogens is 1. The summed E-state index contributed by atoms with van der Waals surface area (Å²) in [6.07, 6.45) is 5.09. The molecule has 0 bridgehead atoms. The summed E-state index contributed by atoms with van der Waals surface area (Å²) < 4.78 is 15.6. The van der Waals surface area contributed by atoms with Gasteiger partial charge in [-0.1, -0.05) is 0 Å². The molecular weight excluding hydrogens is 271 g/mol. The van der Waals surface area contributed by atoms with E-state index in [1.165, 1.54) is 10.7 Å². The van der Waals surface area contributed by atoms with Crippen LogP contribution in [-0.2, 0) is 0 Å². The molecule has 2 heterocycles. The van der Waals surface area contributed by atoms with Gasteiger partial charge in [0.25, 0.3) is 5.91 Å². The summed E-state index contributed by atoms with van der Waals surface area (Å²) in [5.41, 5.74) is 6.36. The third-order valence-corrected chi connectivity index (χ3v) is 3.86. The minimum atomic E-state index is -0.465. The minimum Gasteiger partial charge on any atom is -0.334 e. The van der Waals surface area contributed by atoms with Gasteiger partial charge in [-0.15, -0.1) is 0 Å². The molecule has 2 N–H and O–H groups in total. The standard InChI is InChI=1S/C15H17FN4O/c16-13-9-11(4-5-14(13)20-8-2-6-18-20)15(21)19-7-1-3-12(19)10-17/h2,4-6,8-9,12H,1,3,7,10,17H2/t12-/m0/s1. The number of carbonyl (C=O) groups excluding carboxylic acids is 1. The van der Waals surface area contributed by atoms with Crippen molar-refractivity contribution in [1.82, 2.24) is 14.7 Å². The van der Waals surface area contributed by atoms with E-state index in [0.717, 1.165) is 12.8 Å². The Hall–Kier alpha value is -2.21. The molecule has 1 saturated heterocycles. The van der Waals surface area contributed by atoms with Gasteiger partial charge >= 0.3 is 0 Å². The Balaban J connectivity index is 1.87. The highest BCUT2D eigenvalue weighted by Crippen LogP contribution is 2.21. The Morgan fingerprint density at radius 3 is 3.00 bits per heavy atom. The number of nitrogens with two attached hydrogens (primary N) is 1. The topological polar surface area (TPSA) is 64.2 Å². The van der Waals surface area contributed by atoms with Crippen molar-refractivity contribution in [3.8, 4) is 5.69 Å². The Kier molecular flexibility index (Phi) is 3.70. The average molecular weight is 288 g/mol. The molecule has 5 nitrogen and oxygen atoms in total. The zero-order chi connectivity index (χ0) is 14.8. The van der Waals surface area contributed by atoms with E-state index in [-0.39, 0.29) is 11.9 Å². The summed E-state index contributed by atoms with van der Waals surface area (Å²) in [5.74, 6) is -0.623. The molecule has 0 unspecified atom stereocenters. The van der Waals surface area contributed by atoms with E-state index in [4.69, 9.17) is 5.73 Å². The second kappa shape index (κ2) is 5.65. The van der Waals surface area contributed by atoms with Crippen LogP contribution >= 0.6 is 0 Å². The largest absolute Gasteiger partial charge is 0.334 e. The van der Waals surface area contributed by atoms with Gasteiger partial charge in [-0.3, -0.25) is 4.79 Å². The fraction of sp³-hybridized carbons (Fsp3) is 0.333. The van der Waals surface area contributed by atoms with Crippen molar-refractivity contribution in [2.45, 2.75) is 18.9 Å². The molecule has 21 heavy (non-hydrogen) atoms. The van der Waals surface area contributed by atoms with Crippen LogP contribution < -0.4 is 5.73 Å². The predicted octanol–water partition coefficient (Wildman–Crippen LogP) is 1.57. The number of benzene rings is 1. The summed E-state index contributed by atoms with van der Waals surface area (Å²) in [6, 6.07) is 6.25. The van der Waals surface area contributed by atoms with E-state index in [2.05, 4.69) is 5.10 Å². The first-order valence-electron chi connectivity index (χ1n) is 7.01. The first-order valence-corrected chi connectivity index (χ1v) is 7.01. The van der Waals surface area contributed by atoms with Gasteiger partial charge in [-0.2, -0.15) is 5.10 Å². The Bertz CT molecular complexity index is 641. The molecule has 1 atom stereocenters. The van der Waals surface area contributed by atoms with E-state index in [1.54, 1.807) is 35.5 Å². The maximum Gasteiger partial charge on any atom is 0.254 e. The molecule has 0 saturated carbocycles. The van der Waals surface area contributed by atoms with Gasteiger partial charge in [0.05, 0.1) is 0 Å². The highest BCUT2D eigenvalue weighted by atomic mass is 19.1. The third kappa shape index (κ3) is 2.54. The summed E-state index contributed by atoms with van der Waals surface area (Å²) in [4.78, 5) is 14.2. The maximum absolute atomic E-state index is 14.2. The number of nitrogens with zero attached hydrogens (tertiary/aromatic N) is 3. The lowest BCUT2D eigenvalue weighted by Crippen LogP contribution is -2.39. The summed E-state index contributed by atoms with van der Waals surface area (Å²) in [5, 5.41) is 3.99. The SMILES string of the molecule is NC[C@@H]1CCCN1C(=O)c1ccc(-n2cccn2)c(F)c1. The summed E-state index contributed by atoms with van der Waals surface area (Å²) >= 11 is 0. The first-order chi connectivity index (χ1) is 10.2. The Morgan fingerprint density at radius 1 is 1.48 bits per heavy atom. The zero-order valence-electron chi connectivity index (χ0n) is 11.6. The van der Waals surface area contributed by atoms with Crippen molar-refractivity contribution in [2.75, 3.05) is 13.1 Å². The molecule has 0 spiro atoms. The average Bonchev–Trinajstić information content (AvgIpc) is 3.17. The Morgan fingerprint density at radius 2 is 2.33 bits per heavy atom. The maximum atomic E-state index is 14.2. The lowest BCUT2D eigenvalue weighted by molar-refractivity contribution is 0.0740. The van der Waals surface area contributed by atoms with Gasteiger partial charge in [0.1, 0.15) is 11.5 Å². The highest BCUT2D eigenvalue weighted by Gasteiger charge is 2.28. The van der Waals surface area contributed by atoms with E-state index in [0.29, 0.717) is 24.3 Å². The first kappa shape index (κ1) is 13.8. The van der Waals surface area contributed by atoms with Crippen molar-refractivity contribution in [1.29, 1.82) is 0 Å². The number of likely N-dealkylation sites (tertiary alicyclic amines) is 1. The van der Waals surface area contributed by atoms with Crippen molar-refractivity contribution in [3.63, 3.8) is 0 Å². The fourth-order valence-electron chi connectivity index (χ4n) is 2.75. The van der Waals surface area contributed by atoms with Crippen LogP contribution in [0, 0.1) is 5.82 Å². The van der Waals surface area contributed by atoms with Gasteiger partial charge in [0.2, 0.25) is 0 Å². The fourth-order valence-corrected chi connectivity index (χ4v) is 2.75. The van der Waals surface area contributed by atoms with Crippen LogP contribution in [0.5, 0.6) is 0 Å². The number of hydrogen-bond acceptors (Lipinski definition) is 3. The number of amides is 1. The molecule has 110 valence electrons. The number of rotatable bonds is 3. The summed E-state index contributed by atoms with van der Waals surface area (Å²) in [7, 11) is 0. The number of carbonyl (C=O) groups is 1. The van der Waals surface area contributed by atoms with Crippen LogP contribution in [0.25, 0.3) is 5.69 Å². The van der Waals surface area contributed by atoms with Gasteiger partial charge < -0.3 is 10.6 Å². The monoisotopic (exact) mass is 288 g/mol. The third-order valence-electron chi connectivity index (χ3n) is 3.86. The number of aromatic nitrogens is 2. The van der Waals surface area contributed by atoms with Crippen LogP contribution in [0.2, 0.25) is 0 Å². The number of hydrogen-bond donors (Lipinski definition) is 1. The molecule has 1 aromatic carbocycles. The Labute approximate surface area is 122 Å². The van der Waals surface area contributed by atoms with Gasteiger partial charge in [0.15, 0.2) is 0 Å². The van der Waals surface area contributed by atoms with Crippen LogP contribution in [0.4, 0.5) is 4.39 Å². The van der Waals surface area contributed by atoms with E-state index in [1.807, 2.05) is 0 Å². The second-order valence-corrected chi connectivity index (χ2v) is 5.15. The molecule has 1 aromatic heterocycles. The minimum absolute atomic E-state index is 0.0614. The van der Waals surface area contributed by atoms with Crippen LogP contribution in [0.1, 0.15) is 23.2 Å². The van der Waals surface area contributed by atoms with Gasteiger partial charge in [-0.05, 0) is 37.1 Å². The van der Waals surface area contributed by atoms with Gasteiger partial charge in [-0.25, -0.2) is 9.07 Å². The molecule has 3 rings (SSSR count). The highest BCUT2D eigenvalue weighted by molar-refractivity contribution is 5.94. The van der Waals surface area contributed by atoms with Crippen molar-refractivity contribution < 1.29 is 9.18 Å². The lowest BCUT2D eigenvalue weighted by atomic mass is 10.1. The second-order valence-electron chi connectivity index (χ2n) is 5.15. The molecule has 1 aliphatic heterocycles. The van der Waals surface area contributed by atoms with Crippen molar-refractivity contribution >= 4 is 5.91 Å². The normalized spacial score (nSPS) is 18.2. The molecule has 6 heteroatoms. The molecule has 0 aliphatic carbocycles. The van der Waals surface area contributed by atoms with E-state index in [9.17, 15) is 9.18 Å². The molecule has 1 aliphatic rings. The quantitative estimate of drug-likeness (QED) is 0.932. The van der Waals surface area contributed by atoms with Crippen molar-refractivity contribution in [2.24, 2.45) is 5.73 Å². The molecule has 0 radical (unpaired) electrons. The molecule has 2 aromatic rings. The van der Waals surface area contributed by atoms with Crippen LogP contribution in [-0.4, -0.2) is 39.7 Å². The van der Waals surface area contributed by atoms with E-state index < -0.39 is 5.82 Å². The van der Waals surface area contributed by atoms with Crippen molar-refractivity contribution in [3.05, 3.63) is 48.0 Å². The predicted molar refractivity (Wildman–Crippen MR) is 76.6 cm³/mol. The van der Waals surface area contributed by atoms with E-state index >= 15 is 0 Å². The van der Waals surface area contributed by atoms with Crippen LogP contribution in [0.3, 0.4) is 0 Å². The molecule has 1 amide bonds. The lowest BCUT2D eigenvalue weighted by Gasteiger charge is -2.23. The van der Waals surface area contributed by atoms with Gasteiger partial charge in [0, 0.05) is 37.1 Å². The summed E-state index contributed by atoms with van der Waals surface area (Å²) in [6.45, 7) is 1.13.